The van der Waals surface area contributed by atoms with Crippen molar-refractivity contribution < 1.29 is 4.79 Å². The third-order valence-corrected chi connectivity index (χ3v) is 2.08. The second-order valence-corrected chi connectivity index (χ2v) is 3.56. The second kappa shape index (κ2) is 5.00. The quantitative estimate of drug-likeness (QED) is 0.588. The van der Waals surface area contributed by atoms with Gasteiger partial charge in [-0.3, -0.25) is 10.1 Å². The van der Waals surface area contributed by atoms with Crippen LogP contribution in [0.25, 0.3) is 0 Å². The Bertz CT molecular complexity index is 398. The summed E-state index contributed by atoms with van der Waals surface area (Å²) in [5.41, 5.74) is 5.79. The summed E-state index contributed by atoms with van der Waals surface area (Å²) in [6.45, 7) is 1.33. The Morgan fingerprint density at radius 2 is 1.93 bits per heavy atom. The first-order chi connectivity index (χ1) is 7.00. The van der Waals surface area contributed by atoms with Gasteiger partial charge in [-0.05, 0) is 12.1 Å². The lowest BCUT2D eigenvalue weighted by Gasteiger charge is -2.03. The van der Waals surface area contributed by atoms with Crippen molar-refractivity contribution in [3.63, 3.8) is 0 Å². The third-order valence-electron chi connectivity index (χ3n) is 1.47. The molecule has 0 bridgehead atoms. The average molecular weight is 246 g/mol. The zero-order valence-electron chi connectivity index (χ0n) is 7.92. The van der Waals surface area contributed by atoms with Gasteiger partial charge in [-0.2, -0.15) is 0 Å². The Hall–Kier alpha value is -1.26. The van der Waals surface area contributed by atoms with Crippen LogP contribution < -0.4 is 11.1 Å². The SMILES string of the molecule is CC(=O)NC(N)=Nc1c(Cl)cccc1Cl. The minimum Gasteiger partial charge on any atom is -0.369 e. The number of para-hydroxylation sites is 1. The van der Waals surface area contributed by atoms with Crippen LogP contribution in [-0.4, -0.2) is 11.9 Å². The predicted molar refractivity (Wildman–Crippen MR) is 61.6 cm³/mol. The lowest BCUT2D eigenvalue weighted by atomic mass is 10.3. The molecule has 0 saturated heterocycles. The fourth-order valence-corrected chi connectivity index (χ4v) is 1.41. The van der Waals surface area contributed by atoms with Crippen LogP contribution >= 0.6 is 23.2 Å². The molecule has 0 aliphatic heterocycles. The summed E-state index contributed by atoms with van der Waals surface area (Å²) < 4.78 is 0. The number of hydrogen-bond donors (Lipinski definition) is 2. The Morgan fingerprint density at radius 3 is 2.40 bits per heavy atom. The zero-order valence-corrected chi connectivity index (χ0v) is 9.43. The van der Waals surface area contributed by atoms with E-state index >= 15 is 0 Å². The number of guanidine groups is 1. The van der Waals surface area contributed by atoms with Crippen molar-refractivity contribution in [3.8, 4) is 0 Å². The fraction of sp³-hybridized carbons (Fsp3) is 0.111. The van der Waals surface area contributed by atoms with E-state index < -0.39 is 0 Å². The number of nitrogens with zero attached hydrogens (tertiary/aromatic N) is 1. The van der Waals surface area contributed by atoms with Gasteiger partial charge < -0.3 is 5.73 Å². The molecule has 1 aromatic rings. The molecular weight excluding hydrogens is 237 g/mol. The average Bonchev–Trinajstić information content (AvgIpc) is 2.10. The van der Waals surface area contributed by atoms with Crippen molar-refractivity contribution in [2.24, 2.45) is 10.7 Å². The molecule has 0 spiro atoms. The predicted octanol–water partition coefficient (Wildman–Crippen LogP) is 2.08. The third kappa shape index (κ3) is 3.42. The topological polar surface area (TPSA) is 67.5 Å². The van der Waals surface area contributed by atoms with E-state index in [2.05, 4.69) is 10.3 Å². The van der Waals surface area contributed by atoms with Gasteiger partial charge in [-0.15, -0.1) is 0 Å². The molecule has 0 aliphatic carbocycles. The van der Waals surface area contributed by atoms with Crippen LogP contribution in [0.3, 0.4) is 0 Å². The van der Waals surface area contributed by atoms with Crippen molar-refractivity contribution in [1.82, 2.24) is 5.32 Å². The van der Waals surface area contributed by atoms with E-state index in [0.717, 1.165) is 0 Å². The van der Waals surface area contributed by atoms with Crippen LogP contribution in [0.4, 0.5) is 5.69 Å². The van der Waals surface area contributed by atoms with Gasteiger partial charge in [-0.25, -0.2) is 4.99 Å². The number of amides is 1. The number of nitrogens with one attached hydrogen (secondary N) is 1. The Morgan fingerprint density at radius 1 is 1.40 bits per heavy atom. The Balaban J connectivity index is 3.02. The molecule has 0 saturated carbocycles. The summed E-state index contributed by atoms with van der Waals surface area (Å²) in [5, 5.41) is 3.06. The van der Waals surface area contributed by atoms with Crippen molar-refractivity contribution in [1.29, 1.82) is 0 Å². The van der Waals surface area contributed by atoms with Crippen molar-refractivity contribution in [2.45, 2.75) is 6.92 Å². The van der Waals surface area contributed by atoms with Gasteiger partial charge >= 0.3 is 0 Å². The molecule has 0 unspecified atom stereocenters. The molecule has 4 nitrogen and oxygen atoms in total. The standard InChI is InChI=1S/C9H9Cl2N3O/c1-5(15)13-9(12)14-8-6(10)3-2-4-7(8)11/h2-4H,1H3,(H3,12,13,14,15). The van der Waals surface area contributed by atoms with E-state index in [0.29, 0.717) is 15.7 Å². The highest BCUT2D eigenvalue weighted by atomic mass is 35.5. The molecule has 1 rings (SSSR count). The van der Waals surface area contributed by atoms with Gasteiger partial charge in [0.2, 0.25) is 11.9 Å². The lowest BCUT2D eigenvalue weighted by molar-refractivity contribution is -0.117. The molecule has 80 valence electrons. The highest BCUT2D eigenvalue weighted by molar-refractivity contribution is 6.38. The summed E-state index contributed by atoms with van der Waals surface area (Å²) in [5.74, 6) is -0.350. The van der Waals surface area contributed by atoms with Crippen LogP contribution in [0.1, 0.15) is 6.92 Å². The number of benzene rings is 1. The molecule has 0 heterocycles. The molecule has 6 heteroatoms. The first kappa shape index (κ1) is 11.8. The van der Waals surface area contributed by atoms with Crippen LogP contribution in [0.5, 0.6) is 0 Å². The van der Waals surface area contributed by atoms with E-state index in [1.54, 1.807) is 18.2 Å². The molecule has 1 amide bonds. The summed E-state index contributed by atoms with van der Waals surface area (Å²) in [4.78, 5) is 14.6. The fourth-order valence-electron chi connectivity index (χ4n) is 0.925. The van der Waals surface area contributed by atoms with Crippen molar-refractivity contribution in [3.05, 3.63) is 28.2 Å². The largest absolute Gasteiger partial charge is 0.369 e. The normalized spacial score (nSPS) is 11.3. The molecule has 3 N–H and O–H groups in total. The molecule has 0 radical (unpaired) electrons. The van der Waals surface area contributed by atoms with Gasteiger partial charge in [0, 0.05) is 6.92 Å². The Kier molecular flexibility index (Phi) is 3.94. The Labute approximate surface area is 97.1 Å². The number of halogens is 2. The molecule has 0 atom stereocenters. The van der Waals surface area contributed by atoms with Crippen molar-refractivity contribution in [2.75, 3.05) is 0 Å². The summed E-state index contributed by atoms with van der Waals surface area (Å²) in [7, 11) is 0. The molecule has 0 fully saturated rings. The smallest absolute Gasteiger partial charge is 0.223 e. The van der Waals surface area contributed by atoms with E-state index in [1.807, 2.05) is 0 Å². The van der Waals surface area contributed by atoms with Gasteiger partial charge in [0.05, 0.1) is 10.0 Å². The number of carbonyl (C=O) groups is 1. The van der Waals surface area contributed by atoms with E-state index in [1.165, 1.54) is 6.92 Å². The van der Waals surface area contributed by atoms with Crippen molar-refractivity contribution >= 4 is 40.8 Å². The molecule has 0 aromatic heterocycles. The molecule has 15 heavy (non-hydrogen) atoms. The highest BCUT2D eigenvalue weighted by Crippen LogP contribution is 2.32. The van der Waals surface area contributed by atoms with E-state index in [9.17, 15) is 4.79 Å². The maximum Gasteiger partial charge on any atom is 0.223 e. The maximum atomic E-state index is 10.7. The van der Waals surface area contributed by atoms with Gasteiger partial charge in [0.25, 0.3) is 0 Å². The number of rotatable bonds is 1. The van der Waals surface area contributed by atoms with E-state index in [4.69, 9.17) is 28.9 Å². The van der Waals surface area contributed by atoms with Gasteiger partial charge in [-0.1, -0.05) is 29.3 Å². The van der Waals surface area contributed by atoms with Gasteiger partial charge in [0.1, 0.15) is 5.69 Å². The molecule has 1 aromatic carbocycles. The second-order valence-electron chi connectivity index (χ2n) is 2.75. The van der Waals surface area contributed by atoms with Gasteiger partial charge in [0.15, 0.2) is 0 Å². The molecule has 0 aliphatic rings. The first-order valence-electron chi connectivity index (χ1n) is 4.06. The van der Waals surface area contributed by atoms with Crippen LogP contribution in [-0.2, 0) is 4.79 Å². The number of nitrogens with two attached hydrogens (primary N) is 1. The lowest BCUT2D eigenvalue weighted by Crippen LogP contribution is -2.34. The zero-order chi connectivity index (χ0) is 11.4. The van der Waals surface area contributed by atoms with E-state index in [-0.39, 0.29) is 11.9 Å². The van der Waals surface area contributed by atoms with Crippen LogP contribution in [0.15, 0.2) is 23.2 Å². The first-order valence-corrected chi connectivity index (χ1v) is 4.82. The summed E-state index contributed by atoms with van der Waals surface area (Å²) >= 11 is 11.7. The summed E-state index contributed by atoms with van der Waals surface area (Å²) in [6, 6.07) is 4.96. The minimum absolute atomic E-state index is 0.0440. The van der Waals surface area contributed by atoms with Crippen LogP contribution in [0.2, 0.25) is 10.0 Å². The summed E-state index contributed by atoms with van der Waals surface area (Å²) in [6.07, 6.45) is 0. The number of hydrogen-bond acceptors (Lipinski definition) is 2. The number of carbonyl (C=O) groups excluding carboxylic acids is 1. The minimum atomic E-state index is -0.306. The molecular formula is C9H9Cl2N3O. The van der Waals surface area contributed by atoms with Crippen LogP contribution in [0, 0.1) is 0 Å². The monoisotopic (exact) mass is 245 g/mol. The number of aliphatic imine (C=N–C) groups is 1. The highest BCUT2D eigenvalue weighted by Gasteiger charge is 2.05. The maximum absolute atomic E-state index is 10.7.